The monoisotopic (exact) mass is 280 g/mol. The van der Waals surface area contributed by atoms with E-state index in [0.717, 1.165) is 13.1 Å². The quantitative estimate of drug-likeness (QED) is 0.919. The highest BCUT2D eigenvalue weighted by molar-refractivity contribution is 5.60. The fourth-order valence-electron chi connectivity index (χ4n) is 3.31. The van der Waals surface area contributed by atoms with Crippen LogP contribution in [0.15, 0.2) is 48.5 Å². The number of piperidine rings is 1. The smallest absolute Gasteiger partial charge is 0.0574 e. The van der Waals surface area contributed by atoms with E-state index in [-0.39, 0.29) is 6.04 Å². The summed E-state index contributed by atoms with van der Waals surface area (Å²) in [7, 11) is 0. The molecule has 1 unspecified atom stereocenters. The first kappa shape index (κ1) is 14.2. The standard InChI is InChI=1S/C19H24N2/c1-15-9-8-12-17(21-13-6-3-7-14-21)18(15)19(20)16-10-4-2-5-11-16/h2,4-5,8-12,19H,3,6-7,13-14,20H2,1H3. The molecule has 1 atom stereocenters. The highest BCUT2D eigenvalue weighted by Gasteiger charge is 2.20. The van der Waals surface area contributed by atoms with Crippen molar-refractivity contribution < 1.29 is 0 Å². The average Bonchev–Trinajstić information content (AvgIpc) is 2.55. The number of nitrogens with zero attached hydrogens (tertiary/aromatic N) is 1. The van der Waals surface area contributed by atoms with Gasteiger partial charge in [-0.3, -0.25) is 0 Å². The normalized spacial score (nSPS) is 16.8. The van der Waals surface area contributed by atoms with Crippen molar-refractivity contribution in [3.8, 4) is 0 Å². The molecule has 0 aromatic heterocycles. The van der Waals surface area contributed by atoms with Crippen LogP contribution in [0.25, 0.3) is 0 Å². The molecule has 2 N–H and O–H groups in total. The summed E-state index contributed by atoms with van der Waals surface area (Å²) in [6, 6.07) is 16.9. The van der Waals surface area contributed by atoms with Crippen LogP contribution in [-0.2, 0) is 0 Å². The predicted octanol–water partition coefficient (Wildman–Crippen LogP) is 4.03. The van der Waals surface area contributed by atoms with Crippen LogP contribution < -0.4 is 10.6 Å². The molecule has 2 aromatic carbocycles. The molecule has 0 spiro atoms. The molecule has 1 saturated heterocycles. The number of benzene rings is 2. The second-order valence-corrected chi connectivity index (χ2v) is 5.94. The van der Waals surface area contributed by atoms with Crippen LogP contribution in [0.1, 0.15) is 42.0 Å². The number of rotatable bonds is 3. The maximum absolute atomic E-state index is 6.60. The van der Waals surface area contributed by atoms with Crippen molar-refractivity contribution in [1.82, 2.24) is 0 Å². The van der Waals surface area contributed by atoms with Crippen molar-refractivity contribution in [1.29, 1.82) is 0 Å². The van der Waals surface area contributed by atoms with E-state index in [9.17, 15) is 0 Å². The summed E-state index contributed by atoms with van der Waals surface area (Å²) < 4.78 is 0. The summed E-state index contributed by atoms with van der Waals surface area (Å²) in [5.41, 5.74) is 11.7. The zero-order chi connectivity index (χ0) is 14.7. The Hall–Kier alpha value is -1.80. The molecule has 110 valence electrons. The van der Waals surface area contributed by atoms with Crippen LogP contribution in [0.2, 0.25) is 0 Å². The van der Waals surface area contributed by atoms with E-state index in [1.807, 2.05) is 6.07 Å². The average molecular weight is 280 g/mol. The van der Waals surface area contributed by atoms with Crippen molar-refractivity contribution in [3.63, 3.8) is 0 Å². The van der Waals surface area contributed by atoms with Crippen LogP contribution in [0.3, 0.4) is 0 Å². The first-order valence-corrected chi connectivity index (χ1v) is 7.92. The Morgan fingerprint density at radius 2 is 1.62 bits per heavy atom. The van der Waals surface area contributed by atoms with Crippen LogP contribution in [-0.4, -0.2) is 13.1 Å². The minimum Gasteiger partial charge on any atom is -0.371 e. The third-order valence-corrected chi connectivity index (χ3v) is 4.47. The van der Waals surface area contributed by atoms with E-state index >= 15 is 0 Å². The third kappa shape index (κ3) is 2.96. The molecule has 1 heterocycles. The van der Waals surface area contributed by atoms with Gasteiger partial charge in [0.25, 0.3) is 0 Å². The van der Waals surface area contributed by atoms with Crippen molar-refractivity contribution in [2.45, 2.75) is 32.2 Å². The maximum atomic E-state index is 6.60. The molecule has 1 aliphatic rings. The molecule has 1 fully saturated rings. The lowest BCUT2D eigenvalue weighted by Crippen LogP contribution is -2.31. The lowest BCUT2D eigenvalue weighted by atomic mass is 9.93. The molecule has 0 saturated carbocycles. The lowest BCUT2D eigenvalue weighted by Gasteiger charge is -2.32. The molecule has 21 heavy (non-hydrogen) atoms. The molecular weight excluding hydrogens is 256 g/mol. The zero-order valence-electron chi connectivity index (χ0n) is 12.8. The predicted molar refractivity (Wildman–Crippen MR) is 89.7 cm³/mol. The molecule has 0 bridgehead atoms. The van der Waals surface area contributed by atoms with Crippen molar-refractivity contribution in [2.24, 2.45) is 5.73 Å². The van der Waals surface area contributed by atoms with E-state index in [2.05, 4.69) is 54.3 Å². The molecule has 3 rings (SSSR count). The number of hydrogen-bond acceptors (Lipinski definition) is 2. The second kappa shape index (κ2) is 6.31. The van der Waals surface area contributed by atoms with Gasteiger partial charge in [-0.25, -0.2) is 0 Å². The molecule has 2 aromatic rings. The maximum Gasteiger partial charge on any atom is 0.0574 e. The molecule has 2 nitrogen and oxygen atoms in total. The summed E-state index contributed by atoms with van der Waals surface area (Å²) in [5, 5.41) is 0. The van der Waals surface area contributed by atoms with Crippen LogP contribution >= 0.6 is 0 Å². The van der Waals surface area contributed by atoms with Crippen molar-refractivity contribution in [2.75, 3.05) is 18.0 Å². The van der Waals surface area contributed by atoms with Gasteiger partial charge in [0.15, 0.2) is 0 Å². The summed E-state index contributed by atoms with van der Waals surface area (Å²) in [4.78, 5) is 2.51. The van der Waals surface area contributed by atoms with E-state index in [1.54, 1.807) is 0 Å². The van der Waals surface area contributed by atoms with Gasteiger partial charge in [-0.1, -0.05) is 42.5 Å². The third-order valence-electron chi connectivity index (χ3n) is 4.47. The van der Waals surface area contributed by atoms with E-state index in [0.29, 0.717) is 0 Å². The van der Waals surface area contributed by atoms with Gasteiger partial charge in [0.05, 0.1) is 6.04 Å². The topological polar surface area (TPSA) is 29.3 Å². The Morgan fingerprint density at radius 3 is 2.33 bits per heavy atom. The molecule has 2 heteroatoms. The van der Waals surface area contributed by atoms with E-state index in [4.69, 9.17) is 5.73 Å². The summed E-state index contributed by atoms with van der Waals surface area (Å²) in [5.74, 6) is 0. The highest BCUT2D eigenvalue weighted by atomic mass is 15.1. The Kier molecular flexibility index (Phi) is 4.26. The van der Waals surface area contributed by atoms with Gasteiger partial charge in [-0.2, -0.15) is 0 Å². The summed E-state index contributed by atoms with van der Waals surface area (Å²) in [6.07, 6.45) is 3.92. The summed E-state index contributed by atoms with van der Waals surface area (Å²) >= 11 is 0. The van der Waals surface area contributed by atoms with Gasteiger partial charge in [0.1, 0.15) is 0 Å². The van der Waals surface area contributed by atoms with Crippen LogP contribution in [0, 0.1) is 6.92 Å². The fraction of sp³-hybridized carbons (Fsp3) is 0.368. The van der Waals surface area contributed by atoms with Crippen LogP contribution in [0.4, 0.5) is 5.69 Å². The van der Waals surface area contributed by atoms with Gasteiger partial charge >= 0.3 is 0 Å². The molecule has 0 radical (unpaired) electrons. The van der Waals surface area contributed by atoms with Gasteiger partial charge in [-0.05, 0) is 48.9 Å². The number of nitrogens with two attached hydrogens (primary N) is 1. The van der Waals surface area contributed by atoms with Crippen molar-refractivity contribution in [3.05, 3.63) is 65.2 Å². The zero-order valence-corrected chi connectivity index (χ0v) is 12.8. The Bertz CT molecular complexity index is 586. The lowest BCUT2D eigenvalue weighted by molar-refractivity contribution is 0.575. The Morgan fingerprint density at radius 1 is 0.905 bits per heavy atom. The fourth-order valence-corrected chi connectivity index (χ4v) is 3.31. The second-order valence-electron chi connectivity index (χ2n) is 5.94. The SMILES string of the molecule is Cc1cccc(N2CCCCC2)c1C(N)c1ccccc1. The van der Waals surface area contributed by atoms with Gasteiger partial charge in [0, 0.05) is 18.8 Å². The number of anilines is 1. The number of hydrogen-bond donors (Lipinski definition) is 1. The van der Waals surface area contributed by atoms with Gasteiger partial charge < -0.3 is 10.6 Å². The Labute approximate surface area is 127 Å². The molecular formula is C19H24N2. The minimum absolute atomic E-state index is 0.0515. The first-order chi connectivity index (χ1) is 10.3. The number of aryl methyl sites for hydroxylation is 1. The molecule has 0 aliphatic carbocycles. The first-order valence-electron chi connectivity index (χ1n) is 7.92. The van der Waals surface area contributed by atoms with Crippen molar-refractivity contribution >= 4 is 5.69 Å². The van der Waals surface area contributed by atoms with E-state index < -0.39 is 0 Å². The molecule has 0 amide bonds. The largest absolute Gasteiger partial charge is 0.371 e. The highest BCUT2D eigenvalue weighted by Crippen LogP contribution is 2.33. The summed E-state index contributed by atoms with van der Waals surface area (Å²) in [6.45, 7) is 4.47. The molecule has 1 aliphatic heterocycles. The Balaban J connectivity index is 2.00. The van der Waals surface area contributed by atoms with Gasteiger partial charge in [0.2, 0.25) is 0 Å². The van der Waals surface area contributed by atoms with Gasteiger partial charge in [-0.15, -0.1) is 0 Å². The minimum atomic E-state index is -0.0515. The van der Waals surface area contributed by atoms with Crippen LogP contribution in [0.5, 0.6) is 0 Å². The van der Waals surface area contributed by atoms with E-state index in [1.165, 1.54) is 41.6 Å².